The summed E-state index contributed by atoms with van der Waals surface area (Å²) in [6.45, 7) is 1.15. The molecule has 6 N–H and O–H groups in total. The van der Waals surface area contributed by atoms with Crippen molar-refractivity contribution in [2.75, 3.05) is 13.2 Å². The van der Waals surface area contributed by atoms with E-state index in [-0.39, 0.29) is 17.9 Å². The molecule has 1 aliphatic rings. The molecule has 1 heterocycles. The molecule has 0 spiro atoms. The summed E-state index contributed by atoms with van der Waals surface area (Å²) in [7, 11) is 0. The zero-order valence-electron chi connectivity index (χ0n) is 9.71. The molecular formula is C10H19N5O2. The monoisotopic (exact) mass is 241 g/mol. The van der Waals surface area contributed by atoms with Crippen LogP contribution in [0.25, 0.3) is 0 Å². The van der Waals surface area contributed by atoms with Gasteiger partial charge in [-0.25, -0.2) is 0 Å². The topological polar surface area (TPSA) is 121 Å². The molecule has 7 nitrogen and oxygen atoms in total. The average Bonchev–Trinajstić information content (AvgIpc) is 2.37. The average molecular weight is 241 g/mol. The van der Waals surface area contributed by atoms with Crippen molar-refractivity contribution in [3.63, 3.8) is 0 Å². The van der Waals surface area contributed by atoms with Crippen LogP contribution in [0.2, 0.25) is 0 Å². The van der Waals surface area contributed by atoms with E-state index in [0.29, 0.717) is 6.61 Å². The van der Waals surface area contributed by atoms with Gasteiger partial charge in [-0.3, -0.25) is 0 Å². The third-order valence-electron chi connectivity index (χ3n) is 2.25. The van der Waals surface area contributed by atoms with Gasteiger partial charge in [0.15, 0.2) is 0 Å². The lowest BCUT2D eigenvalue weighted by atomic mass is 10.1. The maximum Gasteiger partial charge on any atom is 0.319 e. The minimum absolute atomic E-state index is 0.0741. The van der Waals surface area contributed by atoms with Crippen LogP contribution < -0.4 is 17.2 Å². The van der Waals surface area contributed by atoms with Gasteiger partial charge >= 0.3 is 6.02 Å². The number of hydrogen-bond donors (Lipinski definition) is 3. The molecule has 0 radical (unpaired) electrons. The van der Waals surface area contributed by atoms with Crippen molar-refractivity contribution < 1.29 is 9.47 Å². The van der Waals surface area contributed by atoms with E-state index >= 15 is 0 Å². The van der Waals surface area contributed by atoms with Crippen molar-refractivity contribution >= 4 is 12.4 Å². The Labute approximate surface area is 100 Å². The Hall–Kier alpha value is -1.76. The third-order valence-corrected chi connectivity index (χ3v) is 2.25. The Morgan fingerprint density at radius 2 is 2.24 bits per heavy atom. The molecule has 0 aromatic carbocycles. The van der Waals surface area contributed by atoms with Gasteiger partial charge in [0.05, 0.1) is 12.4 Å². The lowest BCUT2D eigenvalue weighted by Gasteiger charge is -2.22. The van der Waals surface area contributed by atoms with Crippen LogP contribution in [0.4, 0.5) is 0 Å². The van der Waals surface area contributed by atoms with E-state index in [1.807, 2.05) is 0 Å². The molecule has 7 heteroatoms. The molecule has 1 fully saturated rings. The maximum absolute atomic E-state index is 5.50. The molecule has 0 aliphatic carbocycles. The molecule has 1 saturated heterocycles. The minimum Gasteiger partial charge on any atom is -0.461 e. The summed E-state index contributed by atoms with van der Waals surface area (Å²) in [6, 6.07) is 0.0841. The number of ether oxygens (including phenoxy) is 2. The Morgan fingerprint density at radius 3 is 2.82 bits per heavy atom. The molecule has 96 valence electrons. The first kappa shape index (κ1) is 13.3. The minimum atomic E-state index is 0.0741. The van der Waals surface area contributed by atoms with Gasteiger partial charge in [0.25, 0.3) is 0 Å². The van der Waals surface area contributed by atoms with Crippen LogP contribution in [0.1, 0.15) is 19.3 Å². The zero-order valence-corrected chi connectivity index (χ0v) is 9.71. The molecule has 1 aliphatic heterocycles. The summed E-state index contributed by atoms with van der Waals surface area (Å²) in [5.41, 5.74) is 15.8. The second-order valence-electron chi connectivity index (χ2n) is 3.56. The Kier molecular flexibility index (Phi) is 5.87. The first-order chi connectivity index (χ1) is 8.26. The molecule has 1 rings (SSSR count). The zero-order chi connectivity index (χ0) is 12.5. The molecule has 1 atom stereocenters. The lowest BCUT2D eigenvalue weighted by Crippen LogP contribution is -2.26. The van der Waals surface area contributed by atoms with E-state index < -0.39 is 0 Å². The fraction of sp³-hybridized carbons (Fsp3) is 0.600. The van der Waals surface area contributed by atoms with Crippen LogP contribution in [0, 0.1) is 0 Å². The predicted molar refractivity (Wildman–Crippen MR) is 66.1 cm³/mol. The number of aliphatic imine (C=N–C) groups is 2. The first-order valence-electron chi connectivity index (χ1n) is 5.51. The van der Waals surface area contributed by atoms with E-state index in [1.165, 1.54) is 0 Å². The number of nitrogens with two attached hydrogens (primary N) is 3. The highest BCUT2D eigenvalue weighted by Crippen LogP contribution is 2.12. The van der Waals surface area contributed by atoms with Crippen molar-refractivity contribution in [1.29, 1.82) is 0 Å². The summed E-state index contributed by atoms with van der Waals surface area (Å²) in [5.74, 6) is 0.121. The second kappa shape index (κ2) is 7.50. The number of hydrogen-bond acceptors (Lipinski definition) is 5. The largest absolute Gasteiger partial charge is 0.461 e. The summed E-state index contributed by atoms with van der Waals surface area (Å²) < 4.78 is 10.9. The Balaban J connectivity index is 2.46. The number of rotatable bonds is 3. The van der Waals surface area contributed by atoms with Gasteiger partial charge in [-0.05, 0) is 19.3 Å². The molecule has 0 bridgehead atoms. The fourth-order valence-corrected chi connectivity index (χ4v) is 1.42. The van der Waals surface area contributed by atoms with Crippen molar-refractivity contribution in [3.8, 4) is 0 Å². The summed E-state index contributed by atoms with van der Waals surface area (Å²) >= 11 is 0. The number of amidine groups is 1. The number of nitrogens with zero attached hydrogens (tertiary/aromatic N) is 2. The SMILES string of the molecule is N/C=N/C(=N\C(N)=C\N)OCC1CCCCO1. The van der Waals surface area contributed by atoms with Crippen LogP contribution in [0.3, 0.4) is 0 Å². The van der Waals surface area contributed by atoms with Crippen molar-refractivity contribution in [1.82, 2.24) is 0 Å². The Morgan fingerprint density at radius 1 is 1.41 bits per heavy atom. The van der Waals surface area contributed by atoms with Gasteiger partial charge in [0.2, 0.25) is 0 Å². The van der Waals surface area contributed by atoms with Crippen molar-refractivity contribution in [2.45, 2.75) is 25.4 Å². The maximum atomic E-state index is 5.50. The molecule has 0 saturated carbocycles. The van der Waals surface area contributed by atoms with E-state index in [1.54, 1.807) is 0 Å². The van der Waals surface area contributed by atoms with E-state index in [9.17, 15) is 0 Å². The molecule has 0 aromatic rings. The molecule has 1 unspecified atom stereocenters. The lowest BCUT2D eigenvalue weighted by molar-refractivity contribution is -0.0141. The fourth-order valence-electron chi connectivity index (χ4n) is 1.42. The summed E-state index contributed by atoms with van der Waals surface area (Å²) in [5, 5.41) is 0. The summed E-state index contributed by atoms with van der Waals surface area (Å²) in [4.78, 5) is 7.59. The quantitative estimate of drug-likeness (QED) is 0.460. The van der Waals surface area contributed by atoms with Crippen LogP contribution in [0.5, 0.6) is 0 Å². The van der Waals surface area contributed by atoms with Gasteiger partial charge in [-0.15, -0.1) is 0 Å². The third kappa shape index (κ3) is 5.21. The van der Waals surface area contributed by atoms with E-state index in [0.717, 1.165) is 38.4 Å². The molecular weight excluding hydrogens is 222 g/mol. The van der Waals surface area contributed by atoms with E-state index in [2.05, 4.69) is 9.98 Å². The highest BCUT2D eigenvalue weighted by molar-refractivity contribution is 5.82. The van der Waals surface area contributed by atoms with Gasteiger partial charge in [0.1, 0.15) is 12.4 Å². The molecule has 0 amide bonds. The molecule has 17 heavy (non-hydrogen) atoms. The van der Waals surface area contributed by atoms with Crippen LogP contribution in [-0.2, 0) is 9.47 Å². The van der Waals surface area contributed by atoms with Gasteiger partial charge in [-0.2, -0.15) is 9.98 Å². The summed E-state index contributed by atoms with van der Waals surface area (Å²) in [6.07, 6.45) is 5.54. The van der Waals surface area contributed by atoms with Crippen LogP contribution >= 0.6 is 0 Å². The van der Waals surface area contributed by atoms with Gasteiger partial charge in [0, 0.05) is 12.8 Å². The van der Waals surface area contributed by atoms with Gasteiger partial charge < -0.3 is 26.7 Å². The van der Waals surface area contributed by atoms with E-state index in [4.69, 9.17) is 26.7 Å². The predicted octanol–water partition coefficient (Wildman–Crippen LogP) is -0.369. The smallest absolute Gasteiger partial charge is 0.319 e. The Bertz CT molecular complexity index is 308. The van der Waals surface area contributed by atoms with Crippen molar-refractivity contribution in [3.05, 3.63) is 12.0 Å². The highest BCUT2D eigenvalue weighted by atomic mass is 16.5. The van der Waals surface area contributed by atoms with Gasteiger partial charge in [-0.1, -0.05) is 0 Å². The van der Waals surface area contributed by atoms with Crippen LogP contribution in [0.15, 0.2) is 22.0 Å². The normalized spacial score (nSPS) is 22.9. The molecule has 0 aromatic heterocycles. The highest BCUT2D eigenvalue weighted by Gasteiger charge is 2.15. The first-order valence-corrected chi connectivity index (χ1v) is 5.51. The second-order valence-corrected chi connectivity index (χ2v) is 3.56. The standard InChI is InChI=1S/C10H19N5O2/c11-5-9(13)15-10(14-7-12)17-6-8-3-1-2-4-16-8/h5,7-8H,1-4,6,11,13H2,(H2,12,14,15)/b9-5+. The van der Waals surface area contributed by atoms with Crippen molar-refractivity contribution in [2.24, 2.45) is 27.2 Å². The van der Waals surface area contributed by atoms with Crippen LogP contribution in [-0.4, -0.2) is 31.7 Å².